The lowest BCUT2D eigenvalue weighted by Gasteiger charge is -2.06. The van der Waals surface area contributed by atoms with Crippen molar-refractivity contribution in [1.82, 2.24) is 9.78 Å². The fraction of sp³-hybridized carbons (Fsp3) is 0.0714. The number of halogens is 3. The lowest BCUT2D eigenvalue weighted by atomic mass is 10.2. The molecule has 5 heteroatoms. The van der Waals surface area contributed by atoms with Crippen LogP contribution in [0.15, 0.2) is 42.6 Å². The van der Waals surface area contributed by atoms with Gasteiger partial charge in [-0.2, -0.15) is 5.10 Å². The summed E-state index contributed by atoms with van der Waals surface area (Å²) in [7, 11) is 0. The Labute approximate surface area is 122 Å². The van der Waals surface area contributed by atoms with Crippen LogP contribution in [-0.2, 0) is 6.54 Å². The van der Waals surface area contributed by atoms with Crippen molar-refractivity contribution in [2.75, 3.05) is 0 Å². The Hall–Kier alpha value is -1.50. The number of fused-ring (bicyclic) bond motifs is 1. The molecule has 0 saturated carbocycles. The zero-order chi connectivity index (χ0) is 13.4. The van der Waals surface area contributed by atoms with Crippen LogP contribution in [-0.4, -0.2) is 9.78 Å². The van der Waals surface area contributed by atoms with E-state index in [9.17, 15) is 8.78 Å². The molecule has 0 N–H and O–H groups in total. The van der Waals surface area contributed by atoms with Crippen molar-refractivity contribution in [3.63, 3.8) is 0 Å². The van der Waals surface area contributed by atoms with Crippen molar-refractivity contribution in [3.05, 3.63) is 63.4 Å². The molecule has 0 bridgehead atoms. The Morgan fingerprint density at radius 2 is 1.84 bits per heavy atom. The van der Waals surface area contributed by atoms with Crippen LogP contribution in [0.3, 0.4) is 0 Å². The highest BCUT2D eigenvalue weighted by molar-refractivity contribution is 14.1. The van der Waals surface area contributed by atoms with Gasteiger partial charge in [0, 0.05) is 14.5 Å². The predicted molar refractivity (Wildman–Crippen MR) is 77.9 cm³/mol. The summed E-state index contributed by atoms with van der Waals surface area (Å²) in [5.74, 6) is -1.09. The van der Waals surface area contributed by atoms with E-state index in [0.717, 1.165) is 14.5 Å². The van der Waals surface area contributed by atoms with Gasteiger partial charge >= 0.3 is 0 Å². The molecule has 1 heterocycles. The van der Waals surface area contributed by atoms with E-state index >= 15 is 0 Å². The van der Waals surface area contributed by atoms with Gasteiger partial charge in [0.1, 0.15) is 11.6 Å². The van der Waals surface area contributed by atoms with Gasteiger partial charge in [0.25, 0.3) is 0 Å². The van der Waals surface area contributed by atoms with E-state index in [0.29, 0.717) is 0 Å². The molecule has 3 rings (SSSR count). The van der Waals surface area contributed by atoms with Crippen LogP contribution in [0.25, 0.3) is 10.9 Å². The van der Waals surface area contributed by atoms with Crippen LogP contribution in [0.1, 0.15) is 5.56 Å². The molecule has 0 atom stereocenters. The van der Waals surface area contributed by atoms with Gasteiger partial charge < -0.3 is 0 Å². The van der Waals surface area contributed by atoms with Crippen molar-refractivity contribution < 1.29 is 8.78 Å². The molecule has 0 fully saturated rings. The van der Waals surface area contributed by atoms with Gasteiger partial charge in [-0.25, -0.2) is 8.78 Å². The maximum absolute atomic E-state index is 13.6. The number of rotatable bonds is 2. The second-order valence-corrected chi connectivity index (χ2v) is 5.45. The molecular formula is C14H9F2IN2. The fourth-order valence-electron chi connectivity index (χ4n) is 2.00. The van der Waals surface area contributed by atoms with Crippen molar-refractivity contribution >= 4 is 33.5 Å². The average Bonchev–Trinajstić information content (AvgIpc) is 2.76. The van der Waals surface area contributed by atoms with Crippen LogP contribution in [0.5, 0.6) is 0 Å². The van der Waals surface area contributed by atoms with Gasteiger partial charge in [0.05, 0.1) is 18.3 Å². The molecule has 2 aromatic carbocycles. The highest BCUT2D eigenvalue weighted by Gasteiger charge is 2.11. The van der Waals surface area contributed by atoms with Crippen LogP contribution < -0.4 is 0 Å². The topological polar surface area (TPSA) is 17.8 Å². The van der Waals surface area contributed by atoms with Crippen molar-refractivity contribution in [2.45, 2.75) is 6.54 Å². The van der Waals surface area contributed by atoms with Crippen LogP contribution in [0, 0.1) is 15.2 Å². The largest absolute Gasteiger partial charge is 0.260 e. The first-order chi connectivity index (χ1) is 9.15. The van der Waals surface area contributed by atoms with E-state index in [1.807, 2.05) is 18.2 Å². The van der Waals surface area contributed by atoms with Crippen LogP contribution in [0.2, 0.25) is 0 Å². The summed E-state index contributed by atoms with van der Waals surface area (Å²) in [6.07, 6.45) is 1.70. The van der Waals surface area contributed by atoms with E-state index in [2.05, 4.69) is 27.7 Å². The summed E-state index contributed by atoms with van der Waals surface area (Å²) in [5, 5.41) is 5.15. The third-order valence-electron chi connectivity index (χ3n) is 2.98. The summed E-state index contributed by atoms with van der Waals surface area (Å²) < 4.78 is 29.9. The Morgan fingerprint density at radius 3 is 2.58 bits per heavy atom. The standard InChI is InChI=1S/C14H9F2IN2/c15-12-2-1-3-13(16)11(12)8-19-14-6-10(17)5-4-9(14)7-18-19/h1-7H,8H2. The first-order valence-corrected chi connectivity index (χ1v) is 6.77. The first kappa shape index (κ1) is 12.5. The molecule has 0 amide bonds. The smallest absolute Gasteiger partial charge is 0.131 e. The lowest BCUT2D eigenvalue weighted by molar-refractivity contribution is 0.537. The molecule has 0 aliphatic heterocycles. The van der Waals surface area contributed by atoms with Crippen molar-refractivity contribution in [2.24, 2.45) is 0 Å². The molecule has 0 aliphatic rings. The van der Waals surface area contributed by atoms with Crippen molar-refractivity contribution in [3.8, 4) is 0 Å². The summed E-state index contributed by atoms with van der Waals surface area (Å²) in [4.78, 5) is 0. The highest BCUT2D eigenvalue weighted by Crippen LogP contribution is 2.20. The van der Waals surface area contributed by atoms with Crippen LogP contribution in [0.4, 0.5) is 8.78 Å². The first-order valence-electron chi connectivity index (χ1n) is 5.69. The minimum atomic E-state index is -0.547. The zero-order valence-electron chi connectivity index (χ0n) is 9.78. The molecule has 2 nitrogen and oxygen atoms in total. The summed E-state index contributed by atoms with van der Waals surface area (Å²) in [5.41, 5.74) is 0.904. The van der Waals surface area contributed by atoms with Gasteiger partial charge in [-0.1, -0.05) is 12.1 Å². The Kier molecular flexibility index (Phi) is 3.22. The predicted octanol–water partition coefficient (Wildman–Crippen LogP) is 3.97. The quantitative estimate of drug-likeness (QED) is 0.625. The summed E-state index contributed by atoms with van der Waals surface area (Å²) in [6, 6.07) is 9.73. The number of aromatic nitrogens is 2. The Balaban J connectivity index is 2.08. The number of hydrogen-bond acceptors (Lipinski definition) is 1. The molecule has 96 valence electrons. The van der Waals surface area contributed by atoms with Gasteiger partial charge in [0.15, 0.2) is 0 Å². The van der Waals surface area contributed by atoms with E-state index < -0.39 is 11.6 Å². The van der Waals surface area contributed by atoms with Crippen molar-refractivity contribution in [1.29, 1.82) is 0 Å². The molecule has 3 aromatic rings. The molecule has 1 aromatic heterocycles. The maximum Gasteiger partial charge on any atom is 0.131 e. The SMILES string of the molecule is Fc1cccc(F)c1Cn1ncc2ccc(I)cc21. The monoisotopic (exact) mass is 370 g/mol. The molecule has 0 aliphatic carbocycles. The molecule has 0 radical (unpaired) electrons. The minimum absolute atomic E-state index is 0.0337. The minimum Gasteiger partial charge on any atom is -0.260 e. The van der Waals surface area contributed by atoms with E-state index in [1.54, 1.807) is 10.9 Å². The normalized spacial score (nSPS) is 11.1. The van der Waals surface area contributed by atoms with Gasteiger partial charge in [-0.05, 0) is 46.9 Å². The Morgan fingerprint density at radius 1 is 1.11 bits per heavy atom. The molecular weight excluding hydrogens is 361 g/mol. The molecule has 0 saturated heterocycles. The number of benzene rings is 2. The van der Waals surface area contributed by atoms with Gasteiger partial charge in [-0.3, -0.25) is 4.68 Å². The molecule has 0 spiro atoms. The Bertz CT molecular complexity index is 732. The summed E-state index contributed by atoms with van der Waals surface area (Å²) >= 11 is 2.20. The average molecular weight is 370 g/mol. The lowest BCUT2D eigenvalue weighted by Crippen LogP contribution is -2.06. The van der Waals surface area contributed by atoms with Crippen LogP contribution >= 0.6 is 22.6 Å². The van der Waals surface area contributed by atoms with E-state index in [4.69, 9.17) is 0 Å². The second-order valence-electron chi connectivity index (χ2n) is 4.21. The van der Waals surface area contributed by atoms with Gasteiger partial charge in [-0.15, -0.1) is 0 Å². The van der Waals surface area contributed by atoms with Gasteiger partial charge in [0.2, 0.25) is 0 Å². The third kappa shape index (κ3) is 2.34. The number of hydrogen-bond donors (Lipinski definition) is 0. The summed E-state index contributed by atoms with van der Waals surface area (Å²) in [6.45, 7) is 0.0854. The van der Waals surface area contributed by atoms with E-state index in [-0.39, 0.29) is 12.1 Å². The maximum atomic E-state index is 13.6. The molecule has 19 heavy (non-hydrogen) atoms. The number of nitrogens with zero attached hydrogens (tertiary/aromatic N) is 2. The highest BCUT2D eigenvalue weighted by atomic mass is 127. The van der Waals surface area contributed by atoms with E-state index in [1.165, 1.54) is 18.2 Å². The molecule has 0 unspecified atom stereocenters. The zero-order valence-corrected chi connectivity index (χ0v) is 11.9. The third-order valence-corrected chi connectivity index (χ3v) is 3.65. The second kappa shape index (κ2) is 4.88. The fourth-order valence-corrected chi connectivity index (χ4v) is 2.48.